The van der Waals surface area contributed by atoms with Crippen LogP contribution in [0.3, 0.4) is 0 Å². The Hall–Kier alpha value is -2.10. The smallest absolute Gasteiger partial charge is 0.258 e. The molecule has 0 fully saturated rings. The molecule has 4 nitrogen and oxygen atoms in total. The molecular weight excluding hydrogens is 240 g/mol. The first-order valence-electron chi connectivity index (χ1n) is 6.43. The summed E-state index contributed by atoms with van der Waals surface area (Å²) < 4.78 is 0. The van der Waals surface area contributed by atoms with E-state index in [0.717, 1.165) is 23.1 Å². The van der Waals surface area contributed by atoms with Gasteiger partial charge in [-0.3, -0.25) is 4.79 Å². The van der Waals surface area contributed by atoms with Crippen LogP contribution in [0.25, 0.3) is 11.4 Å². The Bertz CT molecular complexity index is 660. The number of benzene rings is 1. The fourth-order valence-electron chi connectivity index (χ4n) is 2.10. The zero-order valence-electron chi connectivity index (χ0n) is 11.4. The van der Waals surface area contributed by atoms with E-state index in [4.69, 9.17) is 0 Å². The number of nitrogens with zero attached hydrogens (tertiary/aromatic N) is 1. The van der Waals surface area contributed by atoms with E-state index in [0.29, 0.717) is 17.8 Å². The molecular formula is C15H18N2O2. The van der Waals surface area contributed by atoms with Gasteiger partial charge in [0.05, 0.1) is 5.56 Å². The van der Waals surface area contributed by atoms with Crippen molar-refractivity contribution in [2.75, 3.05) is 0 Å². The molecule has 0 aliphatic heterocycles. The maximum atomic E-state index is 12.0. The van der Waals surface area contributed by atoms with E-state index in [2.05, 4.69) is 9.97 Å². The number of hydrogen-bond donors (Lipinski definition) is 2. The van der Waals surface area contributed by atoms with Crippen LogP contribution in [0.1, 0.15) is 30.0 Å². The highest BCUT2D eigenvalue weighted by Gasteiger charge is 2.12. The molecule has 19 heavy (non-hydrogen) atoms. The number of nitrogens with one attached hydrogen (secondary N) is 1. The molecule has 1 aromatic carbocycles. The van der Waals surface area contributed by atoms with Gasteiger partial charge in [0.25, 0.3) is 5.56 Å². The molecule has 1 heterocycles. The van der Waals surface area contributed by atoms with E-state index < -0.39 is 0 Å². The number of H-pyrrole nitrogens is 1. The van der Waals surface area contributed by atoms with Crippen LogP contribution < -0.4 is 5.56 Å². The molecule has 1 aromatic heterocycles. The summed E-state index contributed by atoms with van der Waals surface area (Å²) in [6, 6.07) is 5.80. The zero-order chi connectivity index (χ0) is 14.0. The average molecular weight is 258 g/mol. The summed E-state index contributed by atoms with van der Waals surface area (Å²) in [5.74, 6) is 0.255. The van der Waals surface area contributed by atoms with Crippen molar-refractivity contribution in [3.8, 4) is 17.3 Å². The largest absolute Gasteiger partial charge is 0.493 e. The molecule has 2 aromatic rings. The third-order valence-corrected chi connectivity index (χ3v) is 3.35. The van der Waals surface area contributed by atoms with E-state index in [1.165, 1.54) is 0 Å². The van der Waals surface area contributed by atoms with Crippen molar-refractivity contribution < 1.29 is 5.11 Å². The molecule has 4 heteroatoms. The maximum absolute atomic E-state index is 12.0. The maximum Gasteiger partial charge on any atom is 0.258 e. The van der Waals surface area contributed by atoms with Crippen LogP contribution in [0.4, 0.5) is 0 Å². The number of rotatable bonds is 3. The minimum absolute atomic E-state index is 0.165. The molecule has 0 unspecified atom stereocenters. The molecule has 0 saturated carbocycles. The molecule has 0 saturated heterocycles. The topological polar surface area (TPSA) is 66.0 Å². The standard InChI is InChI=1S/C15H18N2O2/c1-4-6-12-14(18)16-13(17-15(12)19)11-8-5-7-9(2)10(11)3/h5,7-8H,4,6H2,1-3H3,(H2,16,17,18,19). The van der Waals surface area contributed by atoms with Crippen molar-refractivity contribution >= 4 is 0 Å². The van der Waals surface area contributed by atoms with Crippen molar-refractivity contribution in [1.29, 1.82) is 0 Å². The van der Waals surface area contributed by atoms with Gasteiger partial charge in [-0.15, -0.1) is 0 Å². The summed E-state index contributed by atoms with van der Waals surface area (Å²) in [6.45, 7) is 5.93. The lowest BCUT2D eigenvalue weighted by atomic mass is 10.0. The Labute approximate surface area is 112 Å². The zero-order valence-corrected chi connectivity index (χ0v) is 11.4. The first-order chi connectivity index (χ1) is 9.04. The predicted molar refractivity (Wildman–Crippen MR) is 75.4 cm³/mol. The van der Waals surface area contributed by atoms with Crippen LogP contribution in [0.2, 0.25) is 0 Å². The van der Waals surface area contributed by atoms with Gasteiger partial charge < -0.3 is 10.1 Å². The monoisotopic (exact) mass is 258 g/mol. The van der Waals surface area contributed by atoms with Crippen LogP contribution in [0, 0.1) is 13.8 Å². The fourth-order valence-corrected chi connectivity index (χ4v) is 2.10. The van der Waals surface area contributed by atoms with Crippen molar-refractivity contribution in [1.82, 2.24) is 9.97 Å². The third kappa shape index (κ3) is 2.52. The molecule has 0 aliphatic rings. The van der Waals surface area contributed by atoms with Gasteiger partial charge in [-0.05, 0) is 31.4 Å². The lowest BCUT2D eigenvalue weighted by Gasteiger charge is -2.09. The molecule has 0 radical (unpaired) electrons. The Morgan fingerprint density at radius 3 is 2.68 bits per heavy atom. The van der Waals surface area contributed by atoms with Crippen molar-refractivity contribution in [2.45, 2.75) is 33.6 Å². The number of hydrogen-bond acceptors (Lipinski definition) is 3. The Morgan fingerprint density at radius 1 is 1.32 bits per heavy atom. The first kappa shape index (κ1) is 13.3. The summed E-state index contributed by atoms with van der Waals surface area (Å²) in [7, 11) is 0. The summed E-state index contributed by atoms with van der Waals surface area (Å²) in [6.07, 6.45) is 1.32. The van der Waals surface area contributed by atoms with E-state index in [1.54, 1.807) is 0 Å². The molecule has 2 rings (SSSR count). The van der Waals surface area contributed by atoms with Gasteiger partial charge in [-0.2, -0.15) is 4.98 Å². The van der Waals surface area contributed by atoms with Gasteiger partial charge in [0.2, 0.25) is 5.88 Å². The van der Waals surface area contributed by atoms with Gasteiger partial charge >= 0.3 is 0 Å². The molecule has 0 amide bonds. The normalized spacial score (nSPS) is 10.7. The van der Waals surface area contributed by atoms with Gasteiger partial charge in [0, 0.05) is 5.56 Å². The number of aryl methyl sites for hydroxylation is 1. The summed E-state index contributed by atoms with van der Waals surface area (Å²) in [5, 5.41) is 9.89. The highest BCUT2D eigenvalue weighted by atomic mass is 16.3. The van der Waals surface area contributed by atoms with Crippen molar-refractivity contribution in [3.05, 3.63) is 45.2 Å². The average Bonchev–Trinajstić information content (AvgIpc) is 2.37. The Morgan fingerprint density at radius 2 is 2.05 bits per heavy atom. The lowest BCUT2D eigenvalue weighted by molar-refractivity contribution is 0.443. The van der Waals surface area contributed by atoms with Crippen LogP contribution in [0.5, 0.6) is 5.88 Å². The van der Waals surface area contributed by atoms with Crippen LogP contribution in [-0.4, -0.2) is 15.1 Å². The molecule has 2 N–H and O–H groups in total. The number of aromatic amines is 1. The quantitative estimate of drug-likeness (QED) is 0.889. The van der Waals surface area contributed by atoms with Gasteiger partial charge in [0.15, 0.2) is 0 Å². The SMILES string of the molecule is CCCc1c(O)nc(-c2cccc(C)c2C)[nH]c1=O. The third-order valence-electron chi connectivity index (χ3n) is 3.35. The summed E-state index contributed by atoms with van der Waals surface area (Å²) >= 11 is 0. The van der Waals surface area contributed by atoms with Gasteiger partial charge in [-0.25, -0.2) is 0 Å². The molecule has 0 aliphatic carbocycles. The van der Waals surface area contributed by atoms with Crippen LogP contribution in [-0.2, 0) is 6.42 Å². The molecule has 0 spiro atoms. The fraction of sp³-hybridized carbons (Fsp3) is 0.333. The summed E-state index contributed by atoms with van der Waals surface area (Å²) in [4.78, 5) is 18.8. The first-order valence-corrected chi connectivity index (χ1v) is 6.43. The van der Waals surface area contributed by atoms with Crippen LogP contribution >= 0.6 is 0 Å². The minimum atomic E-state index is -0.259. The van der Waals surface area contributed by atoms with Gasteiger partial charge in [-0.1, -0.05) is 31.5 Å². The number of aromatic hydroxyl groups is 1. The second kappa shape index (κ2) is 5.26. The van der Waals surface area contributed by atoms with E-state index in [9.17, 15) is 9.90 Å². The minimum Gasteiger partial charge on any atom is -0.493 e. The Kier molecular flexibility index (Phi) is 3.69. The van der Waals surface area contributed by atoms with E-state index in [1.807, 2.05) is 39.0 Å². The predicted octanol–water partition coefficient (Wildman–Crippen LogP) is 2.71. The summed E-state index contributed by atoms with van der Waals surface area (Å²) in [5.41, 5.74) is 3.11. The second-order valence-corrected chi connectivity index (χ2v) is 4.71. The highest BCUT2D eigenvalue weighted by Crippen LogP contribution is 2.23. The Balaban J connectivity index is 2.59. The van der Waals surface area contributed by atoms with Crippen LogP contribution in [0.15, 0.2) is 23.0 Å². The van der Waals surface area contributed by atoms with Crippen molar-refractivity contribution in [3.63, 3.8) is 0 Å². The highest BCUT2D eigenvalue weighted by molar-refractivity contribution is 5.62. The van der Waals surface area contributed by atoms with Crippen molar-refractivity contribution in [2.24, 2.45) is 0 Å². The molecule has 0 atom stereocenters. The molecule has 0 bridgehead atoms. The van der Waals surface area contributed by atoms with E-state index in [-0.39, 0.29) is 11.4 Å². The molecule has 100 valence electrons. The number of aromatic nitrogens is 2. The second-order valence-electron chi connectivity index (χ2n) is 4.71. The lowest BCUT2D eigenvalue weighted by Crippen LogP contribution is -2.15. The van der Waals surface area contributed by atoms with E-state index >= 15 is 0 Å². The van der Waals surface area contributed by atoms with Gasteiger partial charge in [0.1, 0.15) is 5.82 Å².